The first-order valence-corrected chi connectivity index (χ1v) is 10.8. The number of hydrogen-bond donors (Lipinski definition) is 1. The number of benzene rings is 1. The summed E-state index contributed by atoms with van der Waals surface area (Å²) in [5, 5.41) is 9.81. The van der Waals surface area contributed by atoms with Crippen molar-refractivity contribution < 1.29 is 19.3 Å². The second-order valence-electron chi connectivity index (χ2n) is 7.82. The average molecular weight is 446 g/mol. The Morgan fingerprint density at radius 3 is 2.48 bits per heavy atom. The average Bonchev–Trinajstić information content (AvgIpc) is 2.82. The number of aliphatic hydroxyl groups is 1. The van der Waals surface area contributed by atoms with E-state index in [0.717, 1.165) is 27.9 Å². The second kappa shape index (κ2) is 9.83. The van der Waals surface area contributed by atoms with Gasteiger partial charge in [-0.05, 0) is 56.2 Å². The Hall–Kier alpha value is -3.71. The smallest absolute Gasteiger partial charge is 0.163 e. The normalized spacial score (nSPS) is 10.9. The van der Waals surface area contributed by atoms with Crippen LogP contribution < -0.4 is 14.2 Å². The summed E-state index contributed by atoms with van der Waals surface area (Å²) in [6, 6.07) is 11.4. The van der Waals surface area contributed by atoms with E-state index in [1.54, 1.807) is 13.3 Å². The van der Waals surface area contributed by atoms with Crippen molar-refractivity contribution in [2.45, 2.75) is 27.2 Å². The van der Waals surface area contributed by atoms with E-state index in [9.17, 15) is 0 Å². The minimum atomic E-state index is 0.0638. The minimum absolute atomic E-state index is 0.0638. The molecule has 0 amide bonds. The lowest BCUT2D eigenvalue weighted by Gasteiger charge is -2.16. The maximum absolute atomic E-state index is 9.02. The molecule has 0 saturated carbocycles. The molecule has 7 nitrogen and oxygen atoms in total. The number of nitrogens with zero attached hydrogens (tertiary/aromatic N) is 3. The Labute approximate surface area is 193 Å². The summed E-state index contributed by atoms with van der Waals surface area (Å²) in [5.74, 6) is 2.38. The molecule has 0 unspecified atom stereocenters. The van der Waals surface area contributed by atoms with E-state index in [1.807, 2.05) is 63.4 Å². The van der Waals surface area contributed by atoms with Gasteiger partial charge in [-0.3, -0.25) is 9.97 Å². The number of ether oxygens (including phenoxy) is 3. The van der Waals surface area contributed by atoms with Crippen molar-refractivity contribution in [3.8, 4) is 34.4 Å². The van der Waals surface area contributed by atoms with E-state index in [1.165, 1.54) is 0 Å². The van der Waals surface area contributed by atoms with Gasteiger partial charge < -0.3 is 19.3 Å². The molecule has 0 radical (unpaired) electrons. The number of aromatic nitrogens is 3. The minimum Gasteiger partial charge on any atom is -0.493 e. The molecule has 33 heavy (non-hydrogen) atoms. The molecular weight excluding hydrogens is 418 g/mol. The molecule has 1 aromatic carbocycles. The standard InChI is InChI=1S/C26H27N3O4/c1-16-6-7-20(28-15-16)26-25(12-17(2)18(3)29-26)33-22-8-9-27-21-14-24(32-11-5-10-30)23(31-4)13-19(21)22/h6-9,12-15,30H,5,10-11H2,1-4H3. The largest absolute Gasteiger partial charge is 0.493 e. The molecule has 7 heteroatoms. The van der Waals surface area contributed by atoms with Crippen LogP contribution in [0.1, 0.15) is 23.2 Å². The van der Waals surface area contributed by atoms with Crippen LogP contribution in [-0.4, -0.2) is 40.4 Å². The lowest BCUT2D eigenvalue weighted by Crippen LogP contribution is -2.02. The third-order valence-corrected chi connectivity index (χ3v) is 5.35. The molecule has 0 saturated heterocycles. The highest BCUT2D eigenvalue weighted by Gasteiger charge is 2.16. The highest BCUT2D eigenvalue weighted by atomic mass is 16.5. The Morgan fingerprint density at radius 2 is 1.76 bits per heavy atom. The van der Waals surface area contributed by atoms with E-state index >= 15 is 0 Å². The molecule has 0 spiro atoms. The molecule has 1 N–H and O–H groups in total. The SMILES string of the molecule is COc1cc2c(Oc3cc(C)c(C)nc3-c3ccc(C)cn3)ccnc2cc1OCCCO. The van der Waals surface area contributed by atoms with Crippen LogP contribution in [0.2, 0.25) is 0 Å². The number of hydrogen-bond acceptors (Lipinski definition) is 7. The summed E-state index contributed by atoms with van der Waals surface area (Å²) >= 11 is 0. The van der Waals surface area contributed by atoms with E-state index in [-0.39, 0.29) is 6.61 Å². The van der Waals surface area contributed by atoms with Crippen LogP contribution in [0.3, 0.4) is 0 Å². The third-order valence-electron chi connectivity index (χ3n) is 5.35. The van der Waals surface area contributed by atoms with E-state index < -0.39 is 0 Å². The zero-order valence-electron chi connectivity index (χ0n) is 19.3. The molecule has 0 aliphatic heterocycles. The number of aliphatic hydroxyl groups excluding tert-OH is 1. The van der Waals surface area contributed by atoms with Crippen molar-refractivity contribution in [2.75, 3.05) is 20.3 Å². The van der Waals surface area contributed by atoms with Crippen LogP contribution in [-0.2, 0) is 0 Å². The van der Waals surface area contributed by atoms with Gasteiger partial charge in [-0.1, -0.05) is 6.07 Å². The number of methoxy groups -OCH3 is 1. The zero-order chi connectivity index (χ0) is 23.4. The lowest BCUT2D eigenvalue weighted by molar-refractivity contribution is 0.228. The van der Waals surface area contributed by atoms with Crippen LogP contribution in [0.5, 0.6) is 23.0 Å². The van der Waals surface area contributed by atoms with E-state index in [0.29, 0.717) is 47.2 Å². The molecule has 4 rings (SSSR count). The van der Waals surface area contributed by atoms with Gasteiger partial charge in [-0.2, -0.15) is 0 Å². The summed E-state index contributed by atoms with van der Waals surface area (Å²) in [4.78, 5) is 13.8. The van der Waals surface area contributed by atoms with Crippen molar-refractivity contribution in [1.82, 2.24) is 15.0 Å². The summed E-state index contributed by atoms with van der Waals surface area (Å²) in [5.41, 5.74) is 5.16. The van der Waals surface area contributed by atoms with Gasteiger partial charge in [0.1, 0.15) is 11.4 Å². The molecule has 4 aromatic rings. The predicted molar refractivity (Wildman–Crippen MR) is 127 cm³/mol. The van der Waals surface area contributed by atoms with Crippen LogP contribution in [0.4, 0.5) is 0 Å². The number of aryl methyl sites for hydroxylation is 3. The molecule has 170 valence electrons. The van der Waals surface area contributed by atoms with Gasteiger partial charge in [-0.25, -0.2) is 4.98 Å². The van der Waals surface area contributed by atoms with Crippen LogP contribution >= 0.6 is 0 Å². The van der Waals surface area contributed by atoms with Crippen LogP contribution in [0.15, 0.2) is 48.8 Å². The highest BCUT2D eigenvalue weighted by molar-refractivity contribution is 5.88. The highest BCUT2D eigenvalue weighted by Crippen LogP contribution is 2.39. The predicted octanol–water partition coefficient (Wildman–Crippen LogP) is 5.18. The Kier molecular flexibility index (Phi) is 6.70. The molecule has 0 aliphatic rings. The fourth-order valence-corrected chi connectivity index (χ4v) is 3.40. The maximum atomic E-state index is 9.02. The summed E-state index contributed by atoms with van der Waals surface area (Å²) < 4.78 is 17.7. The summed E-state index contributed by atoms with van der Waals surface area (Å²) in [7, 11) is 1.59. The van der Waals surface area contributed by atoms with Gasteiger partial charge in [-0.15, -0.1) is 0 Å². The van der Waals surface area contributed by atoms with Gasteiger partial charge in [0.05, 0.1) is 24.9 Å². The fourth-order valence-electron chi connectivity index (χ4n) is 3.40. The molecule has 0 bridgehead atoms. The number of fused-ring (bicyclic) bond motifs is 1. The summed E-state index contributed by atoms with van der Waals surface area (Å²) in [6.07, 6.45) is 4.05. The molecule has 0 fully saturated rings. The van der Waals surface area contributed by atoms with E-state index in [2.05, 4.69) is 9.97 Å². The van der Waals surface area contributed by atoms with Crippen LogP contribution in [0.25, 0.3) is 22.3 Å². The second-order valence-corrected chi connectivity index (χ2v) is 7.82. The third kappa shape index (κ3) is 4.88. The summed E-state index contributed by atoms with van der Waals surface area (Å²) in [6.45, 7) is 6.43. The fraction of sp³-hybridized carbons (Fsp3) is 0.269. The van der Waals surface area contributed by atoms with E-state index in [4.69, 9.17) is 24.3 Å². The van der Waals surface area contributed by atoms with Gasteiger partial charge in [0, 0.05) is 42.6 Å². The topological polar surface area (TPSA) is 86.6 Å². The van der Waals surface area contributed by atoms with Crippen molar-refractivity contribution >= 4 is 10.9 Å². The lowest BCUT2D eigenvalue weighted by atomic mass is 10.1. The zero-order valence-corrected chi connectivity index (χ0v) is 19.3. The Morgan fingerprint density at radius 1 is 0.909 bits per heavy atom. The molecule has 3 heterocycles. The van der Waals surface area contributed by atoms with Gasteiger partial charge in [0.15, 0.2) is 17.2 Å². The van der Waals surface area contributed by atoms with Crippen molar-refractivity contribution in [2.24, 2.45) is 0 Å². The van der Waals surface area contributed by atoms with Gasteiger partial charge >= 0.3 is 0 Å². The van der Waals surface area contributed by atoms with Gasteiger partial charge in [0.25, 0.3) is 0 Å². The van der Waals surface area contributed by atoms with Gasteiger partial charge in [0.2, 0.25) is 0 Å². The molecule has 3 aromatic heterocycles. The number of pyridine rings is 3. The van der Waals surface area contributed by atoms with Crippen molar-refractivity contribution in [1.29, 1.82) is 0 Å². The van der Waals surface area contributed by atoms with Crippen molar-refractivity contribution in [3.05, 3.63) is 65.6 Å². The molecule has 0 atom stereocenters. The first kappa shape index (κ1) is 22.5. The maximum Gasteiger partial charge on any atom is 0.163 e. The Bertz CT molecular complexity index is 1270. The monoisotopic (exact) mass is 445 g/mol. The quantitative estimate of drug-likeness (QED) is 0.374. The first-order valence-electron chi connectivity index (χ1n) is 10.8. The molecule has 0 aliphatic carbocycles. The Balaban J connectivity index is 1.77. The van der Waals surface area contributed by atoms with Crippen LogP contribution in [0, 0.1) is 20.8 Å². The number of rotatable bonds is 8. The molecular formula is C26H27N3O4. The van der Waals surface area contributed by atoms with Crippen molar-refractivity contribution in [3.63, 3.8) is 0 Å². The first-order chi connectivity index (χ1) is 16.0.